The summed E-state index contributed by atoms with van der Waals surface area (Å²) < 4.78 is 37.1. The van der Waals surface area contributed by atoms with Gasteiger partial charge in [-0.3, -0.25) is 52.7 Å². The number of carbonyl (C=O) groups excluding carboxylic acids is 11. The first-order valence-electron chi connectivity index (χ1n) is 50.4. The lowest BCUT2D eigenvalue weighted by Gasteiger charge is -2.27. The van der Waals surface area contributed by atoms with Gasteiger partial charge in [0.1, 0.15) is 56.6 Å². The number of halogens is 2. The highest BCUT2D eigenvalue weighted by Crippen LogP contribution is 2.36. The fourth-order valence-corrected chi connectivity index (χ4v) is 19.2. The Balaban J connectivity index is 0.000000151. The highest BCUT2D eigenvalue weighted by Gasteiger charge is 2.34. The lowest BCUT2D eigenvalue weighted by molar-refractivity contribution is -0.130. The molecule has 17 rings (SSSR count). The van der Waals surface area contributed by atoms with E-state index in [1.807, 2.05) is 86.7 Å². The van der Waals surface area contributed by atoms with Crippen molar-refractivity contribution in [3.05, 3.63) is 177 Å². The topological polar surface area (TPSA) is 398 Å². The fourth-order valence-electron chi connectivity index (χ4n) is 18.4. The first-order valence-corrected chi connectivity index (χ1v) is 51.3. The van der Waals surface area contributed by atoms with Gasteiger partial charge in [0.2, 0.25) is 35.4 Å². The summed E-state index contributed by atoms with van der Waals surface area (Å²) in [7, 11) is 6.30. The van der Waals surface area contributed by atoms with Crippen LogP contribution < -0.4 is 26.6 Å². The predicted molar refractivity (Wildman–Crippen MR) is 545 cm³/mol. The van der Waals surface area contributed by atoms with E-state index in [1.165, 1.54) is 48.3 Å². The van der Waals surface area contributed by atoms with Gasteiger partial charge in [0.25, 0.3) is 23.6 Å². The first-order chi connectivity index (χ1) is 68.9. The van der Waals surface area contributed by atoms with E-state index in [0.717, 1.165) is 192 Å². The van der Waals surface area contributed by atoms with Crippen molar-refractivity contribution in [2.24, 2.45) is 5.92 Å². The number of rotatable bonds is 27. The van der Waals surface area contributed by atoms with Crippen molar-refractivity contribution in [3.8, 4) is 45.2 Å². The molecule has 5 N–H and O–H groups in total. The molecule has 12 aromatic rings. The molecule has 34 nitrogen and oxygen atoms in total. The van der Waals surface area contributed by atoms with Crippen LogP contribution in [0.4, 0.5) is 25.8 Å². The van der Waals surface area contributed by atoms with Crippen LogP contribution in [-0.2, 0) is 65.7 Å². The Kier molecular flexibility index (Phi) is 35.7. The second-order valence-corrected chi connectivity index (χ2v) is 38.7. The molecule has 3 aromatic carbocycles. The van der Waals surface area contributed by atoms with Crippen LogP contribution in [-0.4, -0.2) is 231 Å². The average Bonchev–Trinajstić information content (AvgIpc) is 1.64. The van der Waals surface area contributed by atoms with Gasteiger partial charge in [-0.05, 0) is 190 Å². The number of anilines is 3. The van der Waals surface area contributed by atoms with Crippen molar-refractivity contribution in [2.75, 3.05) is 70.3 Å². The van der Waals surface area contributed by atoms with Crippen molar-refractivity contribution in [2.45, 2.75) is 266 Å². The van der Waals surface area contributed by atoms with Gasteiger partial charge in [0.05, 0.1) is 23.5 Å². The minimum absolute atomic E-state index is 0.00178. The summed E-state index contributed by atoms with van der Waals surface area (Å²) in [4.78, 5) is 169. The number of benzene rings is 3. The molecule has 0 radical (unpaired) electrons. The predicted octanol–water partition coefficient (Wildman–Crippen LogP) is 16.4. The molecule has 0 bridgehead atoms. The second-order valence-electron chi connectivity index (χ2n) is 37.7. The summed E-state index contributed by atoms with van der Waals surface area (Å²) in [6.45, 7) is 19.5. The summed E-state index contributed by atoms with van der Waals surface area (Å²) >= 11 is 1.50. The van der Waals surface area contributed by atoms with Crippen molar-refractivity contribution in [1.29, 1.82) is 0 Å². The van der Waals surface area contributed by atoms with Gasteiger partial charge in [-0.2, -0.15) is 20.4 Å². The highest BCUT2D eigenvalue weighted by molar-refractivity contribution is 7.10. The summed E-state index contributed by atoms with van der Waals surface area (Å²) in [5.41, 5.74) is 13.1. The van der Waals surface area contributed by atoms with Crippen LogP contribution in [0.15, 0.2) is 115 Å². The monoisotopic (exact) mass is 1970 g/mol. The van der Waals surface area contributed by atoms with E-state index in [9.17, 15) is 52.7 Å². The number of fused-ring (bicyclic) bond motifs is 4. The van der Waals surface area contributed by atoms with Crippen LogP contribution >= 0.6 is 11.3 Å². The van der Waals surface area contributed by atoms with Gasteiger partial charge < -0.3 is 51.1 Å². The zero-order valence-corrected chi connectivity index (χ0v) is 84.7. The number of aryl methyl sites for hydroxylation is 4. The molecule has 756 valence electrons. The number of likely N-dealkylation sites (tertiary alicyclic amines) is 4. The van der Waals surface area contributed by atoms with E-state index in [0.29, 0.717) is 98.9 Å². The number of Topliss-reactive ketones (excluding diaryl/α,β-unsaturated/α-hetero) is 1. The molecule has 1 aliphatic carbocycles. The summed E-state index contributed by atoms with van der Waals surface area (Å²) in [5.74, 6) is -2.27. The maximum atomic E-state index is 15.1. The Hall–Kier alpha value is -14.0. The van der Waals surface area contributed by atoms with E-state index in [1.54, 1.807) is 95.4 Å². The van der Waals surface area contributed by atoms with Crippen molar-refractivity contribution in [1.82, 2.24) is 98.5 Å². The molecule has 10 amide bonds. The van der Waals surface area contributed by atoms with Crippen molar-refractivity contribution < 1.29 is 61.5 Å². The molecule has 4 saturated heterocycles. The molecule has 4 atom stereocenters. The van der Waals surface area contributed by atoms with Crippen molar-refractivity contribution in [3.63, 3.8) is 0 Å². The molecule has 143 heavy (non-hydrogen) atoms. The average molecular weight is 1970 g/mol. The van der Waals surface area contributed by atoms with Gasteiger partial charge in [-0.15, -0.1) is 11.3 Å². The summed E-state index contributed by atoms with van der Waals surface area (Å²) in [6.07, 6.45) is 22.8. The van der Waals surface area contributed by atoms with Crippen LogP contribution in [0.25, 0.3) is 67.7 Å². The molecule has 4 aliphatic heterocycles. The minimum atomic E-state index is -0.555. The largest absolute Gasteiger partial charge is 0.359 e. The van der Waals surface area contributed by atoms with E-state index in [4.69, 9.17) is 10.2 Å². The molecule has 0 spiro atoms. The summed E-state index contributed by atoms with van der Waals surface area (Å²) in [6, 6.07) is 31.3. The third-order valence-electron chi connectivity index (χ3n) is 27.1. The fraction of sp³-hybridized carbons (Fsp3) is 0.472. The molecular formula is C106H131F2N23O11S. The molecule has 1 saturated carbocycles. The zero-order chi connectivity index (χ0) is 102. The smallest absolute Gasteiger partial charge is 0.272 e. The molecule has 37 heteroatoms. The van der Waals surface area contributed by atoms with E-state index >= 15 is 8.78 Å². The van der Waals surface area contributed by atoms with E-state index in [2.05, 4.69) is 96.3 Å². The Morgan fingerprint density at radius 3 is 1.03 bits per heavy atom. The van der Waals surface area contributed by atoms with Crippen LogP contribution in [0, 0.1) is 17.6 Å². The SMILES string of the molecule is CCc1cc(C(=O)N2CCCCCC2C)nc2cc(-c3ccc(NC(=O)CCC(=O)N(C)C)cc3F)nn12.CCc1cc(C(=O)N2CCCCCC2C)nc2cc(-c3ccc(NC(=O)CCC(=O)NC)cc3)nn12.CCc1cc(C(=O)N2CCCCCC2C)nc2cc(-c3ccc(NC(=O)CCC(=O)NC)cc3F)nn12.CCc1cc(C(=O)N2CCCCCC2C)nc2cc(-c3csc(CC(=O)C4CC4)n3)nn12. The van der Waals surface area contributed by atoms with Gasteiger partial charge in [-0.1, -0.05) is 91.2 Å². The van der Waals surface area contributed by atoms with Gasteiger partial charge in [0.15, 0.2) is 22.6 Å². The number of ketones is 1. The number of amides is 10. The standard InChI is InChI=1S/C28H35FN6O3.C27H33FN6O3.C27H34N6O3.C24H29N5O2S/c1-5-20-16-24(28(38)34-14-8-6-7-9-18(34)2)31-25-17-23(32-35(20)25)21-11-10-19(15-22(21)29)30-26(36)12-13-27(37)33(3)4;1-4-19-15-23(27(37)33-13-7-5-6-8-17(33)2)31-24-16-22(32-34(19)24)20-10-9-18(14-21(20)28)30-26(36)12-11-25(35)29-3;1-4-21-16-23(27(36)32-15-7-5-6-8-18(32)2)30-24-17-22(31-33(21)24)19-9-11-20(12-10-19)29-26(35)14-13-25(34)28-3;1-3-17-11-19(24(31)28-10-6-4-5-7-15(28)2)25-22-12-18(27-29(17)22)20-14-32-23(26-20)13-21(30)16-8-9-16/h10-11,15-18H,5-9,12-14H2,1-4H3,(H,30,36);9-10,14-17H,4-8,11-13H2,1-3H3,(H,29,35)(H,30,36);9-12,16-18H,4-8,13-15H2,1-3H3,(H,28,34)(H,29,35);11-12,14-16H,3-10,13H2,1-2H3. The molecular weight excluding hydrogens is 1840 g/mol. The maximum absolute atomic E-state index is 15.1. The Morgan fingerprint density at radius 1 is 0.364 bits per heavy atom. The lowest BCUT2D eigenvalue weighted by atomic mass is 10.1. The first kappa shape index (κ1) is 105. The van der Waals surface area contributed by atoms with Crippen LogP contribution in [0.1, 0.15) is 279 Å². The molecule has 4 unspecified atom stereocenters. The van der Waals surface area contributed by atoms with Crippen LogP contribution in [0.2, 0.25) is 0 Å². The molecule has 9 aromatic heterocycles. The Labute approximate surface area is 835 Å². The molecule has 13 heterocycles. The quantitative estimate of drug-likeness (QED) is 0.0319. The van der Waals surface area contributed by atoms with E-state index in [-0.39, 0.29) is 139 Å². The van der Waals surface area contributed by atoms with Crippen LogP contribution in [0.3, 0.4) is 0 Å². The third-order valence-corrected chi connectivity index (χ3v) is 27.9. The maximum Gasteiger partial charge on any atom is 0.272 e. The molecule has 5 aliphatic rings. The number of hydrogen-bond donors (Lipinski definition) is 5. The second kappa shape index (κ2) is 48.7. The van der Waals surface area contributed by atoms with E-state index < -0.39 is 11.6 Å². The van der Waals surface area contributed by atoms with Gasteiger partial charge in [0, 0.05) is 209 Å². The summed E-state index contributed by atoms with van der Waals surface area (Å²) in [5, 5.41) is 34.4. The van der Waals surface area contributed by atoms with Crippen molar-refractivity contribution >= 4 is 116 Å². The van der Waals surface area contributed by atoms with Gasteiger partial charge in [-0.25, -0.2) is 51.8 Å². The number of carbonyl (C=O) groups is 11. The Morgan fingerprint density at radius 2 is 0.685 bits per heavy atom. The Bertz CT molecular complexity index is 6660. The number of aromatic nitrogens is 13. The zero-order valence-electron chi connectivity index (χ0n) is 83.9. The third kappa shape index (κ3) is 26.5. The minimum Gasteiger partial charge on any atom is -0.359 e. The number of nitrogens with one attached hydrogen (secondary N) is 5. The molecule has 5 fully saturated rings. The normalized spacial score (nSPS) is 16.7. The van der Waals surface area contributed by atoms with Crippen LogP contribution in [0.5, 0.6) is 0 Å². The number of thiazole rings is 1. The lowest BCUT2D eigenvalue weighted by Crippen LogP contribution is -2.38. The number of nitrogens with zero attached hydrogens (tertiary/aromatic N) is 18. The van der Waals surface area contributed by atoms with Gasteiger partial charge >= 0.3 is 0 Å². The number of hydrogen-bond acceptors (Lipinski definition) is 21. The highest BCUT2D eigenvalue weighted by atomic mass is 32.1.